The molecule has 10 heteroatoms. The molecule has 0 saturated heterocycles. The number of unbranched alkanes of at least 4 members (excludes halogenated alkanes) is 29. The first-order valence-corrected chi connectivity index (χ1v) is 32.8. The van der Waals surface area contributed by atoms with E-state index in [0.29, 0.717) is 17.4 Å². The van der Waals surface area contributed by atoms with E-state index < -0.39 is 26.5 Å². The van der Waals surface area contributed by atoms with Gasteiger partial charge in [-0.15, -0.1) is 0 Å². The standard InChI is InChI=1S/C66H118NO8P/c1-6-8-10-12-14-16-18-20-22-24-26-28-29-30-31-32-33-34-35-36-37-39-41-43-45-47-49-51-53-55-57-59-66(69)75-64(63-74-76(70,71)73-61-60-67(3,4)5)62-72-65(68)58-56-54-52-50-48-46-44-42-40-38-27-25-23-21-19-17-15-13-11-9-7-2/h8,10,14,16,20,22,26,28,30-31,33-34,36-37,64H,6-7,9,11-13,15,17-19,21,23-25,27,29,32,35,38-63H2,1-5H3/b10-8-,16-14-,22-20-,28-26-,31-30-,34-33-,37-36-. The van der Waals surface area contributed by atoms with Crippen LogP contribution in [-0.4, -0.2) is 70.0 Å². The van der Waals surface area contributed by atoms with Gasteiger partial charge < -0.3 is 27.9 Å². The number of nitrogens with zero attached hydrogens (tertiary/aromatic N) is 1. The van der Waals surface area contributed by atoms with Gasteiger partial charge >= 0.3 is 11.9 Å². The monoisotopic (exact) mass is 1080 g/mol. The van der Waals surface area contributed by atoms with Gasteiger partial charge in [-0.3, -0.25) is 14.2 Å². The van der Waals surface area contributed by atoms with Crippen LogP contribution >= 0.6 is 7.82 Å². The van der Waals surface area contributed by atoms with E-state index >= 15 is 0 Å². The first-order valence-electron chi connectivity index (χ1n) is 31.3. The van der Waals surface area contributed by atoms with Gasteiger partial charge in [0.25, 0.3) is 7.82 Å². The maximum Gasteiger partial charge on any atom is 0.306 e. The summed E-state index contributed by atoms with van der Waals surface area (Å²) < 4.78 is 34.2. The number of carbonyl (C=O) groups is 2. The molecule has 0 heterocycles. The molecule has 2 atom stereocenters. The van der Waals surface area contributed by atoms with Gasteiger partial charge in [-0.25, -0.2) is 0 Å². The predicted molar refractivity (Wildman–Crippen MR) is 323 cm³/mol. The molecule has 0 aromatic rings. The maximum absolute atomic E-state index is 12.8. The zero-order valence-corrected chi connectivity index (χ0v) is 50.8. The molecule has 76 heavy (non-hydrogen) atoms. The van der Waals surface area contributed by atoms with Crippen molar-refractivity contribution in [1.29, 1.82) is 0 Å². The van der Waals surface area contributed by atoms with E-state index in [1.54, 1.807) is 0 Å². The Balaban J connectivity index is 4.14. The smallest absolute Gasteiger partial charge is 0.306 e. The molecule has 0 fully saturated rings. The van der Waals surface area contributed by atoms with Crippen LogP contribution in [-0.2, 0) is 32.7 Å². The first kappa shape index (κ1) is 73.2. The third-order valence-corrected chi connectivity index (χ3v) is 14.4. The molecule has 0 aromatic carbocycles. The van der Waals surface area contributed by atoms with Crippen LogP contribution in [0.1, 0.15) is 271 Å². The van der Waals surface area contributed by atoms with E-state index in [2.05, 4.69) is 98.9 Å². The summed E-state index contributed by atoms with van der Waals surface area (Å²) in [6.07, 6.45) is 76.3. The lowest BCUT2D eigenvalue weighted by molar-refractivity contribution is -0.870. The highest BCUT2D eigenvalue weighted by atomic mass is 31.2. The third kappa shape index (κ3) is 60.4. The van der Waals surface area contributed by atoms with Crippen molar-refractivity contribution >= 4 is 19.8 Å². The predicted octanol–water partition coefficient (Wildman–Crippen LogP) is 19.2. The molecule has 0 amide bonds. The van der Waals surface area contributed by atoms with Crippen LogP contribution in [0.4, 0.5) is 0 Å². The molecule has 0 saturated carbocycles. The summed E-state index contributed by atoms with van der Waals surface area (Å²) in [5.74, 6) is -0.833. The second-order valence-corrected chi connectivity index (χ2v) is 23.5. The SMILES string of the molecule is CC/C=C\C/C=C\C/C=C\C/C=C\C/C=C\C/C=C\C/C=C\CCCCCCCCCCCC(=O)OC(COC(=O)CCCCCCCCCCCCCCCCCCCCCCC)COP(=O)([O-])OCC[N+](C)(C)C. The topological polar surface area (TPSA) is 111 Å². The lowest BCUT2D eigenvalue weighted by atomic mass is 10.0. The van der Waals surface area contributed by atoms with Gasteiger partial charge in [0.15, 0.2) is 6.10 Å². The molecule has 0 spiro atoms. The molecule has 440 valence electrons. The van der Waals surface area contributed by atoms with Crippen LogP contribution in [0.5, 0.6) is 0 Å². The summed E-state index contributed by atoms with van der Waals surface area (Å²) in [6.45, 7) is 4.15. The lowest BCUT2D eigenvalue weighted by Gasteiger charge is -2.28. The van der Waals surface area contributed by atoms with Gasteiger partial charge in [0.1, 0.15) is 19.8 Å². The van der Waals surface area contributed by atoms with Crippen molar-refractivity contribution in [2.75, 3.05) is 47.5 Å². The number of carbonyl (C=O) groups excluding carboxylic acids is 2. The van der Waals surface area contributed by atoms with Crippen molar-refractivity contribution < 1.29 is 42.1 Å². The highest BCUT2D eigenvalue weighted by Crippen LogP contribution is 2.38. The Hall–Kier alpha value is -2.81. The average molecular weight is 1080 g/mol. The Morgan fingerprint density at radius 3 is 1.12 bits per heavy atom. The Kier molecular flexibility index (Phi) is 54.8. The minimum Gasteiger partial charge on any atom is -0.756 e. The van der Waals surface area contributed by atoms with E-state index in [0.717, 1.165) is 89.9 Å². The van der Waals surface area contributed by atoms with E-state index in [-0.39, 0.29) is 32.0 Å². The number of rotatable bonds is 57. The number of hydrogen-bond donors (Lipinski definition) is 0. The number of phosphoric ester groups is 1. The Labute approximate surface area is 469 Å². The average Bonchev–Trinajstić information content (AvgIpc) is 3.38. The van der Waals surface area contributed by atoms with Crippen molar-refractivity contribution in [2.45, 2.75) is 277 Å². The van der Waals surface area contributed by atoms with Gasteiger partial charge in [-0.1, -0.05) is 272 Å². The molecule has 0 bridgehead atoms. The molecule has 0 aliphatic carbocycles. The largest absolute Gasteiger partial charge is 0.756 e. The number of allylic oxidation sites excluding steroid dienone is 14. The van der Waals surface area contributed by atoms with E-state index in [9.17, 15) is 19.0 Å². The fourth-order valence-corrected chi connectivity index (χ4v) is 9.37. The summed E-state index contributed by atoms with van der Waals surface area (Å²) in [4.78, 5) is 37.9. The van der Waals surface area contributed by atoms with Crippen molar-refractivity contribution in [1.82, 2.24) is 0 Å². The van der Waals surface area contributed by atoms with Gasteiger partial charge in [-0.05, 0) is 70.6 Å². The molecular formula is C66H118NO8P. The molecule has 0 aromatic heterocycles. The van der Waals surface area contributed by atoms with E-state index in [4.69, 9.17) is 18.5 Å². The summed E-state index contributed by atoms with van der Waals surface area (Å²) in [7, 11) is 1.16. The molecule has 9 nitrogen and oxygen atoms in total. The summed E-state index contributed by atoms with van der Waals surface area (Å²) in [6, 6.07) is 0. The minimum atomic E-state index is -4.64. The number of hydrogen-bond acceptors (Lipinski definition) is 8. The van der Waals surface area contributed by atoms with E-state index in [1.807, 2.05) is 21.1 Å². The fourth-order valence-electron chi connectivity index (χ4n) is 8.64. The number of quaternary nitrogens is 1. The molecule has 2 unspecified atom stereocenters. The Bertz CT molecular complexity index is 1560. The third-order valence-electron chi connectivity index (χ3n) is 13.4. The lowest BCUT2D eigenvalue weighted by Crippen LogP contribution is -2.37. The van der Waals surface area contributed by atoms with Crippen molar-refractivity contribution in [3.05, 3.63) is 85.1 Å². The summed E-state index contributed by atoms with van der Waals surface area (Å²) in [5.41, 5.74) is 0. The second kappa shape index (κ2) is 56.9. The summed E-state index contributed by atoms with van der Waals surface area (Å²) in [5, 5.41) is 0. The van der Waals surface area contributed by atoms with Crippen LogP contribution in [0.25, 0.3) is 0 Å². The van der Waals surface area contributed by atoms with Gasteiger partial charge in [0.05, 0.1) is 27.7 Å². The first-order chi connectivity index (χ1) is 37.0. The fraction of sp³-hybridized carbons (Fsp3) is 0.758. The zero-order valence-electron chi connectivity index (χ0n) is 49.9. The Morgan fingerprint density at radius 2 is 0.750 bits per heavy atom. The number of esters is 2. The Morgan fingerprint density at radius 1 is 0.421 bits per heavy atom. The summed E-state index contributed by atoms with van der Waals surface area (Å²) >= 11 is 0. The van der Waals surface area contributed by atoms with Crippen LogP contribution in [0.15, 0.2) is 85.1 Å². The van der Waals surface area contributed by atoms with Crippen LogP contribution in [0, 0.1) is 0 Å². The molecule has 0 aliphatic rings. The minimum absolute atomic E-state index is 0.0341. The normalized spacial score (nSPS) is 13.8. The van der Waals surface area contributed by atoms with Crippen LogP contribution in [0.2, 0.25) is 0 Å². The van der Waals surface area contributed by atoms with Gasteiger partial charge in [0.2, 0.25) is 0 Å². The number of likely N-dealkylation sites (N-methyl/N-ethyl adjacent to an activating group) is 1. The van der Waals surface area contributed by atoms with Gasteiger partial charge in [0, 0.05) is 12.8 Å². The number of phosphoric acid groups is 1. The zero-order chi connectivity index (χ0) is 55.6. The highest BCUT2D eigenvalue weighted by molar-refractivity contribution is 7.45. The highest BCUT2D eigenvalue weighted by Gasteiger charge is 2.22. The maximum atomic E-state index is 12.8. The molecular weight excluding hydrogens is 966 g/mol. The van der Waals surface area contributed by atoms with Crippen LogP contribution in [0.3, 0.4) is 0 Å². The molecule has 0 rings (SSSR count). The molecule has 0 aliphatic heterocycles. The van der Waals surface area contributed by atoms with Gasteiger partial charge in [-0.2, -0.15) is 0 Å². The van der Waals surface area contributed by atoms with Crippen molar-refractivity contribution in [3.63, 3.8) is 0 Å². The molecule has 0 N–H and O–H groups in total. The van der Waals surface area contributed by atoms with Crippen molar-refractivity contribution in [2.24, 2.45) is 0 Å². The van der Waals surface area contributed by atoms with Crippen LogP contribution < -0.4 is 4.89 Å². The molecule has 0 radical (unpaired) electrons. The quantitative estimate of drug-likeness (QED) is 0.0195. The van der Waals surface area contributed by atoms with Crippen molar-refractivity contribution in [3.8, 4) is 0 Å². The van der Waals surface area contributed by atoms with E-state index in [1.165, 1.54) is 148 Å². The number of ether oxygens (including phenoxy) is 2. The second-order valence-electron chi connectivity index (χ2n) is 22.0.